The van der Waals surface area contributed by atoms with Crippen LogP contribution in [0.4, 0.5) is 0 Å². The molecule has 3 rings (SSSR count). The topological polar surface area (TPSA) is 49.6 Å². The maximum atomic E-state index is 12.0. The van der Waals surface area contributed by atoms with Crippen LogP contribution < -0.4 is 10.9 Å². The zero-order chi connectivity index (χ0) is 14.7. The minimum absolute atomic E-state index is 0. The lowest BCUT2D eigenvalue weighted by atomic mass is 9.96. The van der Waals surface area contributed by atoms with Crippen molar-refractivity contribution in [1.82, 2.24) is 19.6 Å². The number of hydrogen-bond acceptors (Lipinski definition) is 5. The highest BCUT2D eigenvalue weighted by Crippen LogP contribution is 2.18. The summed E-state index contributed by atoms with van der Waals surface area (Å²) in [5, 5.41) is 5.34. The Labute approximate surface area is 140 Å². The van der Waals surface area contributed by atoms with E-state index in [1.807, 2.05) is 5.38 Å². The summed E-state index contributed by atoms with van der Waals surface area (Å²) in [5.41, 5.74) is 0.922. The number of hydrogen-bond donors (Lipinski definition) is 1. The largest absolute Gasteiger partial charge is 0.317 e. The third-order valence-corrected chi connectivity index (χ3v) is 4.89. The summed E-state index contributed by atoms with van der Waals surface area (Å²) >= 11 is 1.51. The van der Waals surface area contributed by atoms with Crippen molar-refractivity contribution in [3.8, 4) is 0 Å². The number of aromatic nitrogens is 2. The summed E-state index contributed by atoms with van der Waals surface area (Å²) in [6.07, 6.45) is 4.24. The van der Waals surface area contributed by atoms with Crippen LogP contribution >= 0.6 is 23.7 Å². The molecule has 22 heavy (non-hydrogen) atoms. The second-order valence-electron chi connectivity index (χ2n) is 5.67. The van der Waals surface area contributed by atoms with Crippen LogP contribution in [0.15, 0.2) is 22.4 Å². The Kier molecular flexibility index (Phi) is 6.37. The summed E-state index contributed by atoms with van der Waals surface area (Å²) < 4.78 is 1.61. The van der Waals surface area contributed by atoms with Crippen LogP contribution in [0.5, 0.6) is 0 Å². The minimum Gasteiger partial charge on any atom is -0.317 e. The fraction of sp³-hybridized carbons (Fsp3) is 0.600. The molecule has 1 aliphatic rings. The van der Waals surface area contributed by atoms with E-state index in [2.05, 4.69) is 22.1 Å². The SMILES string of the molecule is CCNCC1CCN(Cc2cc(=O)n3ccsc3n2)CC1.Cl. The molecule has 0 atom stereocenters. The lowest BCUT2D eigenvalue weighted by Gasteiger charge is -2.31. The van der Waals surface area contributed by atoms with E-state index in [-0.39, 0.29) is 18.0 Å². The van der Waals surface area contributed by atoms with Gasteiger partial charge in [0.2, 0.25) is 0 Å². The fourth-order valence-electron chi connectivity index (χ4n) is 2.90. The average molecular weight is 343 g/mol. The van der Waals surface area contributed by atoms with Crippen molar-refractivity contribution in [2.75, 3.05) is 26.2 Å². The molecule has 0 aromatic carbocycles. The van der Waals surface area contributed by atoms with Crippen LogP contribution in [0.25, 0.3) is 4.96 Å². The van der Waals surface area contributed by atoms with Gasteiger partial charge in [0, 0.05) is 24.2 Å². The van der Waals surface area contributed by atoms with Crippen LogP contribution in [0, 0.1) is 5.92 Å². The molecule has 0 unspecified atom stereocenters. The van der Waals surface area contributed by atoms with Gasteiger partial charge in [0.1, 0.15) is 0 Å². The Morgan fingerprint density at radius 2 is 2.18 bits per heavy atom. The second kappa shape index (κ2) is 8.06. The molecule has 1 N–H and O–H groups in total. The van der Waals surface area contributed by atoms with Crippen LogP contribution in [0.2, 0.25) is 0 Å². The lowest BCUT2D eigenvalue weighted by Crippen LogP contribution is -2.37. The first-order valence-corrected chi connectivity index (χ1v) is 8.53. The second-order valence-corrected chi connectivity index (χ2v) is 6.54. The van der Waals surface area contributed by atoms with E-state index in [0.717, 1.165) is 49.3 Å². The molecule has 0 saturated carbocycles. The lowest BCUT2D eigenvalue weighted by molar-refractivity contribution is 0.174. The summed E-state index contributed by atoms with van der Waals surface area (Å²) in [6.45, 7) is 7.32. The Hall–Kier alpha value is -0.950. The molecule has 1 fully saturated rings. The number of nitrogens with one attached hydrogen (secondary N) is 1. The molecule has 0 amide bonds. The monoisotopic (exact) mass is 342 g/mol. The third-order valence-electron chi connectivity index (χ3n) is 4.13. The normalized spacial score (nSPS) is 16.8. The molecule has 0 radical (unpaired) electrons. The Morgan fingerprint density at radius 1 is 1.41 bits per heavy atom. The number of rotatable bonds is 5. The molecule has 0 spiro atoms. The van der Waals surface area contributed by atoms with Crippen molar-refractivity contribution in [3.63, 3.8) is 0 Å². The molecule has 3 heterocycles. The summed E-state index contributed by atoms with van der Waals surface area (Å²) in [5.74, 6) is 0.791. The van der Waals surface area contributed by atoms with Crippen LogP contribution in [-0.2, 0) is 6.54 Å². The fourth-order valence-corrected chi connectivity index (χ4v) is 3.63. The van der Waals surface area contributed by atoms with Crippen LogP contribution in [0.3, 0.4) is 0 Å². The molecular formula is C15H23ClN4OS. The molecule has 1 saturated heterocycles. The number of nitrogens with zero attached hydrogens (tertiary/aromatic N) is 3. The highest BCUT2D eigenvalue weighted by Gasteiger charge is 2.19. The van der Waals surface area contributed by atoms with Gasteiger partial charge in [-0.15, -0.1) is 23.7 Å². The summed E-state index contributed by atoms with van der Waals surface area (Å²) in [4.78, 5) is 19.8. The smallest absolute Gasteiger partial charge is 0.258 e. The van der Waals surface area contributed by atoms with Crippen molar-refractivity contribution in [1.29, 1.82) is 0 Å². The van der Waals surface area contributed by atoms with Gasteiger partial charge in [0.25, 0.3) is 5.56 Å². The van der Waals surface area contributed by atoms with E-state index in [0.29, 0.717) is 0 Å². The van der Waals surface area contributed by atoms with E-state index in [4.69, 9.17) is 0 Å². The van der Waals surface area contributed by atoms with E-state index < -0.39 is 0 Å². The van der Waals surface area contributed by atoms with Crippen LogP contribution in [-0.4, -0.2) is 40.5 Å². The van der Waals surface area contributed by atoms with Gasteiger partial charge in [-0.2, -0.15) is 0 Å². The highest BCUT2D eigenvalue weighted by molar-refractivity contribution is 7.15. The minimum atomic E-state index is 0. The average Bonchev–Trinajstić information content (AvgIpc) is 2.95. The predicted octanol–water partition coefficient (Wildman–Crippen LogP) is 2.00. The standard InChI is InChI=1S/C15H22N4OS.ClH/c1-2-16-10-12-3-5-18(6-4-12)11-13-9-14(20)19-7-8-21-15(19)17-13;/h7-9,12,16H,2-6,10-11H2,1H3;1H. The molecule has 2 aromatic rings. The van der Waals surface area contributed by atoms with Gasteiger partial charge in [-0.3, -0.25) is 14.1 Å². The molecule has 1 aliphatic heterocycles. The van der Waals surface area contributed by atoms with Gasteiger partial charge in [0.15, 0.2) is 4.96 Å². The first-order chi connectivity index (χ1) is 10.3. The maximum absolute atomic E-state index is 12.0. The number of piperidine rings is 1. The van der Waals surface area contributed by atoms with Gasteiger partial charge in [-0.05, 0) is 44.9 Å². The maximum Gasteiger partial charge on any atom is 0.258 e. The van der Waals surface area contributed by atoms with Crippen LogP contribution in [0.1, 0.15) is 25.5 Å². The number of halogens is 1. The number of fused-ring (bicyclic) bond motifs is 1. The number of likely N-dealkylation sites (tertiary alicyclic amines) is 1. The van der Waals surface area contributed by atoms with Gasteiger partial charge in [-0.1, -0.05) is 6.92 Å². The van der Waals surface area contributed by atoms with Gasteiger partial charge >= 0.3 is 0 Å². The Morgan fingerprint density at radius 3 is 2.91 bits per heavy atom. The molecule has 0 aliphatic carbocycles. The zero-order valence-corrected chi connectivity index (χ0v) is 14.5. The Balaban J connectivity index is 0.00000176. The first kappa shape index (κ1) is 17.4. The molecular weight excluding hydrogens is 320 g/mol. The van der Waals surface area contributed by atoms with Crippen molar-refractivity contribution < 1.29 is 0 Å². The quantitative estimate of drug-likeness (QED) is 0.903. The molecule has 0 bridgehead atoms. The van der Waals surface area contributed by atoms with Gasteiger partial charge < -0.3 is 5.32 Å². The summed E-state index contributed by atoms with van der Waals surface area (Å²) in [7, 11) is 0. The summed E-state index contributed by atoms with van der Waals surface area (Å²) in [6, 6.07) is 1.67. The van der Waals surface area contributed by atoms with E-state index in [1.54, 1.807) is 16.7 Å². The zero-order valence-electron chi connectivity index (χ0n) is 12.8. The molecule has 2 aromatic heterocycles. The molecule has 122 valence electrons. The molecule has 7 heteroatoms. The van der Waals surface area contributed by atoms with Crippen molar-refractivity contribution in [2.45, 2.75) is 26.3 Å². The van der Waals surface area contributed by atoms with E-state index >= 15 is 0 Å². The third kappa shape index (κ3) is 4.07. The Bertz CT molecular complexity index is 648. The highest BCUT2D eigenvalue weighted by atomic mass is 35.5. The van der Waals surface area contributed by atoms with Crippen molar-refractivity contribution in [2.24, 2.45) is 5.92 Å². The van der Waals surface area contributed by atoms with Gasteiger partial charge in [-0.25, -0.2) is 4.98 Å². The van der Waals surface area contributed by atoms with Crippen molar-refractivity contribution in [3.05, 3.63) is 33.7 Å². The van der Waals surface area contributed by atoms with E-state index in [9.17, 15) is 4.79 Å². The predicted molar refractivity (Wildman–Crippen MR) is 93.1 cm³/mol. The van der Waals surface area contributed by atoms with Gasteiger partial charge in [0.05, 0.1) is 5.69 Å². The van der Waals surface area contributed by atoms with Crippen molar-refractivity contribution >= 4 is 28.7 Å². The number of thiazole rings is 1. The molecule has 5 nitrogen and oxygen atoms in total. The first-order valence-electron chi connectivity index (χ1n) is 7.65. The van der Waals surface area contributed by atoms with E-state index in [1.165, 1.54) is 24.2 Å².